The molecule has 30 heavy (non-hydrogen) atoms. The van der Waals surface area contributed by atoms with Crippen LogP contribution in [0.25, 0.3) is 10.9 Å². The lowest BCUT2D eigenvalue weighted by Crippen LogP contribution is -2.23. The summed E-state index contributed by atoms with van der Waals surface area (Å²) in [6.45, 7) is 0.600. The first-order valence-electron chi connectivity index (χ1n) is 9.50. The molecule has 7 heteroatoms. The Balaban J connectivity index is 1.25. The molecule has 0 fully saturated rings. The van der Waals surface area contributed by atoms with Crippen molar-refractivity contribution in [2.45, 2.75) is 6.54 Å². The van der Waals surface area contributed by atoms with Crippen LogP contribution in [0.4, 0.5) is 11.4 Å². The average Bonchev–Trinajstić information content (AvgIpc) is 3.26. The normalized spacial score (nSPS) is 12.0. The number of hydrogen-bond acceptors (Lipinski definition) is 6. The van der Waals surface area contributed by atoms with Crippen LogP contribution in [0.15, 0.2) is 73.1 Å². The van der Waals surface area contributed by atoms with E-state index in [2.05, 4.69) is 20.6 Å². The molecule has 2 N–H and O–H groups in total. The van der Waals surface area contributed by atoms with Gasteiger partial charge in [0.25, 0.3) is 5.91 Å². The summed E-state index contributed by atoms with van der Waals surface area (Å²) in [4.78, 5) is 21.2. The van der Waals surface area contributed by atoms with Crippen LogP contribution in [0, 0.1) is 0 Å². The van der Waals surface area contributed by atoms with E-state index in [1.54, 1.807) is 18.5 Å². The summed E-state index contributed by atoms with van der Waals surface area (Å²) in [5, 5.41) is 7.23. The Morgan fingerprint density at radius 2 is 1.87 bits per heavy atom. The van der Waals surface area contributed by atoms with Gasteiger partial charge in [-0.05, 0) is 42.0 Å². The Morgan fingerprint density at radius 3 is 2.77 bits per heavy atom. The number of ether oxygens (including phenoxy) is 2. The Labute approximate surface area is 172 Å². The third-order valence-electron chi connectivity index (χ3n) is 4.80. The second-order valence-electron chi connectivity index (χ2n) is 6.81. The highest BCUT2D eigenvalue weighted by Crippen LogP contribution is 2.32. The molecule has 0 saturated heterocycles. The number of rotatable bonds is 5. The van der Waals surface area contributed by atoms with E-state index in [1.807, 2.05) is 54.6 Å². The van der Waals surface area contributed by atoms with Crippen LogP contribution in [0.1, 0.15) is 16.1 Å². The lowest BCUT2D eigenvalue weighted by Gasteiger charge is -2.10. The zero-order chi connectivity index (χ0) is 20.3. The number of nitrogens with zero attached hydrogens (tertiary/aromatic N) is 2. The van der Waals surface area contributed by atoms with Crippen LogP contribution >= 0.6 is 0 Å². The van der Waals surface area contributed by atoms with Gasteiger partial charge in [0.15, 0.2) is 11.5 Å². The van der Waals surface area contributed by atoms with E-state index < -0.39 is 0 Å². The van der Waals surface area contributed by atoms with E-state index in [1.165, 1.54) is 0 Å². The summed E-state index contributed by atoms with van der Waals surface area (Å²) in [7, 11) is 0. The van der Waals surface area contributed by atoms with Gasteiger partial charge in [-0.2, -0.15) is 0 Å². The number of aromatic nitrogens is 2. The third-order valence-corrected chi connectivity index (χ3v) is 4.80. The number of carbonyl (C=O) groups excluding carboxylic acids is 1. The number of nitrogens with one attached hydrogen (secondary N) is 2. The van der Waals surface area contributed by atoms with Crippen molar-refractivity contribution in [2.75, 3.05) is 12.1 Å². The molecular weight excluding hydrogens is 380 g/mol. The topological polar surface area (TPSA) is 85.4 Å². The molecule has 1 aliphatic rings. The molecule has 0 unspecified atom stereocenters. The third kappa shape index (κ3) is 3.60. The molecule has 3 heterocycles. The SMILES string of the molecule is O=C(NCc1ccc2c(c1)OCO2)c1ccc(Nc2cccc3cccnc23)cn1. The van der Waals surface area contributed by atoms with Gasteiger partial charge in [0.1, 0.15) is 5.69 Å². The zero-order valence-corrected chi connectivity index (χ0v) is 16.0. The highest BCUT2D eigenvalue weighted by molar-refractivity contribution is 5.93. The summed E-state index contributed by atoms with van der Waals surface area (Å²) in [5.41, 5.74) is 3.81. The fourth-order valence-corrected chi connectivity index (χ4v) is 3.29. The number of fused-ring (bicyclic) bond motifs is 2. The molecule has 5 rings (SSSR count). The molecule has 0 saturated carbocycles. The molecule has 0 atom stereocenters. The standard InChI is InChI=1S/C23H18N4O3/c28-23(26-12-15-6-9-20-21(11-15)30-14-29-20)19-8-7-17(13-25-19)27-18-5-1-3-16-4-2-10-24-22(16)18/h1-11,13,27H,12,14H2,(H,26,28). The highest BCUT2D eigenvalue weighted by atomic mass is 16.7. The molecule has 148 valence electrons. The fraction of sp³-hybridized carbons (Fsp3) is 0.0870. The Hall–Kier alpha value is -4.13. The summed E-state index contributed by atoms with van der Waals surface area (Å²) in [6.07, 6.45) is 3.40. The maximum Gasteiger partial charge on any atom is 0.270 e. The van der Waals surface area contributed by atoms with Crippen LogP contribution in [0.3, 0.4) is 0 Å². The van der Waals surface area contributed by atoms with Crippen molar-refractivity contribution < 1.29 is 14.3 Å². The molecule has 0 radical (unpaired) electrons. The summed E-state index contributed by atoms with van der Waals surface area (Å²) in [6, 6.07) is 19.0. The van der Waals surface area contributed by atoms with Crippen LogP contribution in [-0.4, -0.2) is 22.7 Å². The van der Waals surface area contributed by atoms with E-state index in [0.717, 1.165) is 33.6 Å². The smallest absolute Gasteiger partial charge is 0.270 e. The number of hydrogen-bond donors (Lipinski definition) is 2. The molecule has 1 amide bonds. The minimum Gasteiger partial charge on any atom is -0.454 e. The van der Waals surface area contributed by atoms with E-state index >= 15 is 0 Å². The molecule has 2 aromatic carbocycles. The number of anilines is 2. The van der Waals surface area contributed by atoms with Crippen molar-refractivity contribution in [1.82, 2.24) is 15.3 Å². The van der Waals surface area contributed by atoms with Crippen LogP contribution in [0.5, 0.6) is 11.5 Å². The number of amides is 1. The first kappa shape index (κ1) is 17.9. The Bertz CT molecular complexity index is 1220. The molecule has 2 aromatic heterocycles. The van der Waals surface area contributed by atoms with Gasteiger partial charge in [-0.25, -0.2) is 4.98 Å². The molecule has 7 nitrogen and oxygen atoms in total. The van der Waals surface area contributed by atoms with Gasteiger partial charge in [0.2, 0.25) is 6.79 Å². The van der Waals surface area contributed by atoms with E-state index in [9.17, 15) is 4.79 Å². The number of benzene rings is 2. The zero-order valence-electron chi connectivity index (χ0n) is 16.0. The van der Waals surface area contributed by atoms with E-state index in [-0.39, 0.29) is 12.7 Å². The van der Waals surface area contributed by atoms with Crippen molar-refractivity contribution in [3.63, 3.8) is 0 Å². The van der Waals surface area contributed by atoms with Crippen LogP contribution in [0.2, 0.25) is 0 Å². The Kier molecular flexibility index (Phi) is 4.61. The van der Waals surface area contributed by atoms with Gasteiger partial charge < -0.3 is 20.1 Å². The largest absolute Gasteiger partial charge is 0.454 e. The lowest BCUT2D eigenvalue weighted by atomic mass is 10.2. The van der Waals surface area contributed by atoms with Crippen molar-refractivity contribution in [2.24, 2.45) is 0 Å². The number of carbonyl (C=O) groups is 1. The first-order chi connectivity index (χ1) is 14.8. The van der Waals surface area contributed by atoms with Crippen LogP contribution < -0.4 is 20.1 Å². The predicted molar refractivity (Wildman–Crippen MR) is 113 cm³/mol. The van der Waals surface area contributed by atoms with Gasteiger partial charge in [-0.1, -0.05) is 24.3 Å². The summed E-state index contributed by atoms with van der Waals surface area (Å²) in [5.74, 6) is 1.17. The fourth-order valence-electron chi connectivity index (χ4n) is 3.29. The highest BCUT2D eigenvalue weighted by Gasteiger charge is 2.14. The minimum absolute atomic E-state index is 0.226. The molecule has 1 aliphatic heterocycles. The van der Waals surface area contributed by atoms with Crippen LogP contribution in [-0.2, 0) is 6.54 Å². The van der Waals surface area contributed by atoms with Crippen molar-refractivity contribution >= 4 is 28.2 Å². The van der Waals surface area contributed by atoms with Gasteiger partial charge in [-0.15, -0.1) is 0 Å². The predicted octanol–water partition coefficient (Wildman–Crippen LogP) is 4.03. The van der Waals surface area contributed by atoms with Gasteiger partial charge in [0.05, 0.1) is 23.1 Å². The van der Waals surface area contributed by atoms with Gasteiger partial charge in [0, 0.05) is 18.1 Å². The molecule has 0 bridgehead atoms. The summed E-state index contributed by atoms with van der Waals surface area (Å²) < 4.78 is 10.7. The number of para-hydroxylation sites is 1. The molecule has 0 spiro atoms. The van der Waals surface area contributed by atoms with E-state index in [4.69, 9.17) is 9.47 Å². The van der Waals surface area contributed by atoms with Gasteiger partial charge in [-0.3, -0.25) is 9.78 Å². The monoisotopic (exact) mass is 398 g/mol. The molecule has 4 aromatic rings. The van der Waals surface area contributed by atoms with Crippen molar-refractivity contribution in [1.29, 1.82) is 0 Å². The maximum absolute atomic E-state index is 12.4. The van der Waals surface area contributed by atoms with Gasteiger partial charge >= 0.3 is 0 Å². The van der Waals surface area contributed by atoms with Crippen molar-refractivity contribution in [3.8, 4) is 11.5 Å². The van der Waals surface area contributed by atoms with E-state index in [0.29, 0.717) is 18.0 Å². The first-order valence-corrected chi connectivity index (χ1v) is 9.50. The number of pyridine rings is 2. The molecular formula is C23H18N4O3. The second kappa shape index (κ2) is 7.71. The minimum atomic E-state index is -0.244. The molecule has 0 aliphatic carbocycles. The lowest BCUT2D eigenvalue weighted by molar-refractivity contribution is 0.0946. The quantitative estimate of drug-likeness (QED) is 0.528. The van der Waals surface area contributed by atoms with Crippen molar-refractivity contribution in [3.05, 3.63) is 84.3 Å². The Morgan fingerprint density at radius 1 is 0.967 bits per heavy atom. The maximum atomic E-state index is 12.4. The summed E-state index contributed by atoms with van der Waals surface area (Å²) >= 11 is 0. The average molecular weight is 398 g/mol. The second-order valence-corrected chi connectivity index (χ2v) is 6.81.